The van der Waals surface area contributed by atoms with Crippen LogP contribution in [0.3, 0.4) is 0 Å². The molecular formula is C17H31N3. The lowest BCUT2D eigenvalue weighted by atomic mass is 10.1. The normalized spacial score (nSPS) is 37.3. The van der Waals surface area contributed by atoms with Crippen LogP contribution in [0.4, 0.5) is 0 Å². The zero-order valence-electron chi connectivity index (χ0n) is 14.0. The molecule has 114 valence electrons. The minimum atomic E-state index is 0.572. The van der Waals surface area contributed by atoms with E-state index in [0.717, 1.165) is 18.4 Å². The van der Waals surface area contributed by atoms with E-state index in [1.807, 2.05) is 0 Å². The summed E-state index contributed by atoms with van der Waals surface area (Å²) in [5, 5.41) is 9.03. The van der Waals surface area contributed by atoms with Gasteiger partial charge in [0.2, 0.25) is 0 Å². The largest absolute Gasteiger partial charge is 0.300 e. The maximum Gasteiger partial charge on any atom is 0.0625 e. The molecule has 3 heteroatoms. The molecule has 2 saturated carbocycles. The van der Waals surface area contributed by atoms with Crippen LogP contribution in [0.25, 0.3) is 0 Å². The first-order chi connectivity index (χ1) is 9.38. The molecule has 0 aromatic heterocycles. The number of hydrogen-bond donors (Lipinski definition) is 0. The van der Waals surface area contributed by atoms with E-state index in [0.29, 0.717) is 30.0 Å². The van der Waals surface area contributed by atoms with Gasteiger partial charge in [0.25, 0.3) is 0 Å². The Morgan fingerprint density at radius 1 is 1.15 bits per heavy atom. The van der Waals surface area contributed by atoms with Crippen molar-refractivity contribution in [1.29, 1.82) is 5.26 Å². The minimum absolute atomic E-state index is 0.572. The highest BCUT2D eigenvalue weighted by Gasteiger charge is 2.53. The first kappa shape index (κ1) is 15.8. The molecule has 0 radical (unpaired) electrons. The van der Waals surface area contributed by atoms with Crippen molar-refractivity contribution in [3.05, 3.63) is 0 Å². The molecule has 2 rings (SSSR count). The summed E-state index contributed by atoms with van der Waals surface area (Å²) in [6.07, 6.45) is 3.33. The Bertz CT molecular complexity index is 373. The monoisotopic (exact) mass is 277 g/mol. The fraction of sp³-hybridized carbons (Fsp3) is 0.941. The number of rotatable bonds is 7. The standard InChI is InChI=1S/C17H31N3/c1-11(2)19(5)17-14(7-8-18)15(17)10-13(4)20(6)16-9-12(16)3/h11-17H,7,9-10H2,1-6H3/t12-,13?,14-,15?,16-,17+/m0/s1. The Morgan fingerprint density at radius 2 is 1.75 bits per heavy atom. The van der Waals surface area contributed by atoms with Gasteiger partial charge in [-0.15, -0.1) is 0 Å². The van der Waals surface area contributed by atoms with Crippen molar-refractivity contribution in [2.75, 3.05) is 14.1 Å². The van der Waals surface area contributed by atoms with Crippen molar-refractivity contribution in [2.45, 2.75) is 71.1 Å². The second kappa shape index (κ2) is 6.03. The number of hydrogen-bond acceptors (Lipinski definition) is 3. The molecule has 0 bridgehead atoms. The smallest absolute Gasteiger partial charge is 0.0625 e. The molecule has 6 atom stereocenters. The SMILES string of the molecule is CC(CC1[C@H](CC#N)[C@H]1N(C)C(C)C)N(C)[C@H]1C[C@@H]1C. The lowest BCUT2D eigenvalue weighted by molar-refractivity contribution is 0.203. The molecule has 0 aliphatic heterocycles. The molecule has 0 saturated heterocycles. The van der Waals surface area contributed by atoms with Gasteiger partial charge in [0.1, 0.15) is 0 Å². The lowest BCUT2D eigenvalue weighted by Crippen LogP contribution is -2.34. The zero-order valence-corrected chi connectivity index (χ0v) is 14.0. The maximum absolute atomic E-state index is 9.03. The van der Waals surface area contributed by atoms with E-state index in [1.165, 1.54) is 12.8 Å². The molecule has 0 aromatic carbocycles. The van der Waals surface area contributed by atoms with Crippen molar-refractivity contribution >= 4 is 0 Å². The van der Waals surface area contributed by atoms with E-state index in [-0.39, 0.29) is 0 Å². The second-order valence-electron chi connectivity index (χ2n) is 7.47. The van der Waals surface area contributed by atoms with E-state index in [2.05, 4.69) is 57.7 Å². The minimum Gasteiger partial charge on any atom is -0.300 e. The van der Waals surface area contributed by atoms with E-state index in [9.17, 15) is 0 Å². The molecule has 2 unspecified atom stereocenters. The van der Waals surface area contributed by atoms with Crippen molar-refractivity contribution in [1.82, 2.24) is 9.80 Å². The quantitative estimate of drug-likeness (QED) is 0.716. The average Bonchev–Trinajstić information content (AvgIpc) is 3.27. The van der Waals surface area contributed by atoms with Crippen LogP contribution in [0.2, 0.25) is 0 Å². The first-order valence-electron chi connectivity index (χ1n) is 8.19. The molecule has 0 spiro atoms. The van der Waals surface area contributed by atoms with Crippen molar-refractivity contribution in [3.63, 3.8) is 0 Å². The Morgan fingerprint density at radius 3 is 2.20 bits per heavy atom. The second-order valence-corrected chi connectivity index (χ2v) is 7.47. The topological polar surface area (TPSA) is 30.3 Å². The Kier molecular flexibility index (Phi) is 4.76. The van der Waals surface area contributed by atoms with Gasteiger partial charge in [-0.25, -0.2) is 0 Å². The van der Waals surface area contributed by atoms with E-state index < -0.39 is 0 Å². The molecule has 2 fully saturated rings. The van der Waals surface area contributed by atoms with E-state index in [1.54, 1.807) is 0 Å². The summed E-state index contributed by atoms with van der Waals surface area (Å²) in [5.41, 5.74) is 0. The molecule has 3 nitrogen and oxygen atoms in total. The third kappa shape index (κ3) is 3.18. The predicted molar refractivity (Wildman–Crippen MR) is 83.3 cm³/mol. The van der Waals surface area contributed by atoms with E-state index >= 15 is 0 Å². The van der Waals surface area contributed by atoms with Crippen LogP contribution >= 0.6 is 0 Å². The van der Waals surface area contributed by atoms with Crippen LogP contribution in [0, 0.1) is 29.1 Å². The van der Waals surface area contributed by atoms with Crippen LogP contribution in [-0.2, 0) is 0 Å². The van der Waals surface area contributed by atoms with Gasteiger partial charge in [-0.2, -0.15) is 5.26 Å². The van der Waals surface area contributed by atoms with Gasteiger partial charge in [0, 0.05) is 30.6 Å². The van der Waals surface area contributed by atoms with Gasteiger partial charge in [0.15, 0.2) is 0 Å². The molecule has 2 aliphatic rings. The number of nitrogens with zero attached hydrogens (tertiary/aromatic N) is 3. The molecule has 0 heterocycles. The summed E-state index contributed by atoms with van der Waals surface area (Å²) >= 11 is 0. The van der Waals surface area contributed by atoms with Crippen LogP contribution in [0.1, 0.15) is 47.0 Å². The summed E-state index contributed by atoms with van der Waals surface area (Å²) in [6, 6.07) is 5.03. The molecule has 20 heavy (non-hydrogen) atoms. The number of nitriles is 1. The summed E-state index contributed by atoms with van der Waals surface area (Å²) in [6.45, 7) is 9.21. The average molecular weight is 277 g/mol. The van der Waals surface area contributed by atoms with Crippen molar-refractivity contribution in [2.24, 2.45) is 17.8 Å². The molecule has 0 amide bonds. The summed E-state index contributed by atoms with van der Waals surface area (Å²) in [4.78, 5) is 5.04. The van der Waals surface area contributed by atoms with Crippen LogP contribution in [0.5, 0.6) is 0 Å². The van der Waals surface area contributed by atoms with Crippen LogP contribution in [0.15, 0.2) is 0 Å². The Hall–Kier alpha value is -0.590. The Balaban J connectivity index is 1.89. The van der Waals surface area contributed by atoms with Crippen LogP contribution < -0.4 is 0 Å². The van der Waals surface area contributed by atoms with Crippen molar-refractivity contribution < 1.29 is 0 Å². The highest BCUT2D eigenvalue weighted by molar-refractivity contribution is 5.08. The summed E-state index contributed by atoms with van der Waals surface area (Å²) in [7, 11) is 4.50. The zero-order chi connectivity index (χ0) is 15.0. The van der Waals surface area contributed by atoms with Crippen LogP contribution in [-0.4, -0.2) is 48.1 Å². The molecule has 2 aliphatic carbocycles. The lowest BCUT2D eigenvalue weighted by Gasteiger charge is -2.26. The van der Waals surface area contributed by atoms with Gasteiger partial charge in [0.05, 0.1) is 6.07 Å². The van der Waals surface area contributed by atoms with Gasteiger partial charge in [-0.1, -0.05) is 6.92 Å². The molecule has 0 N–H and O–H groups in total. The van der Waals surface area contributed by atoms with Gasteiger partial charge < -0.3 is 9.80 Å². The maximum atomic E-state index is 9.03. The third-order valence-corrected chi connectivity index (χ3v) is 5.80. The highest BCUT2D eigenvalue weighted by atomic mass is 15.2. The third-order valence-electron chi connectivity index (χ3n) is 5.80. The summed E-state index contributed by atoms with van der Waals surface area (Å²) in [5.74, 6) is 2.19. The molecule has 0 aromatic rings. The Labute approximate surface area is 124 Å². The van der Waals surface area contributed by atoms with E-state index in [4.69, 9.17) is 5.26 Å². The predicted octanol–water partition coefficient (Wildman–Crippen LogP) is 2.97. The van der Waals surface area contributed by atoms with Crippen molar-refractivity contribution in [3.8, 4) is 6.07 Å². The van der Waals surface area contributed by atoms with Gasteiger partial charge in [-0.3, -0.25) is 0 Å². The first-order valence-corrected chi connectivity index (χ1v) is 8.19. The fourth-order valence-corrected chi connectivity index (χ4v) is 3.82. The fourth-order valence-electron chi connectivity index (χ4n) is 3.82. The van der Waals surface area contributed by atoms with Gasteiger partial charge in [-0.05, 0) is 65.5 Å². The molecular weight excluding hydrogens is 246 g/mol. The van der Waals surface area contributed by atoms with Gasteiger partial charge >= 0.3 is 0 Å². The highest BCUT2D eigenvalue weighted by Crippen LogP contribution is 2.49. The summed E-state index contributed by atoms with van der Waals surface area (Å²) < 4.78 is 0.